The van der Waals surface area contributed by atoms with E-state index in [0.717, 1.165) is 53.9 Å². The van der Waals surface area contributed by atoms with Gasteiger partial charge in [0.25, 0.3) is 12.6 Å². The molecule has 2 aromatic carbocycles. The highest BCUT2D eigenvalue weighted by Crippen LogP contribution is 2.36. The van der Waals surface area contributed by atoms with Gasteiger partial charge >= 0.3 is 0 Å². The van der Waals surface area contributed by atoms with Crippen molar-refractivity contribution in [3.63, 3.8) is 0 Å². The Morgan fingerprint density at radius 2 is 2.11 bits per heavy atom. The van der Waals surface area contributed by atoms with Gasteiger partial charge in [-0.05, 0) is 41.5 Å². The van der Waals surface area contributed by atoms with Crippen molar-refractivity contribution < 1.29 is 4.79 Å². The van der Waals surface area contributed by atoms with Crippen LogP contribution in [0, 0.1) is 11.2 Å². The number of hydrogen-bond acceptors (Lipinski definition) is 3. The molecule has 1 aromatic heterocycles. The van der Waals surface area contributed by atoms with Gasteiger partial charge in [0, 0.05) is 35.2 Å². The Morgan fingerprint density at radius 1 is 1.26 bits per heavy atom. The highest BCUT2D eigenvalue weighted by molar-refractivity contribution is 6.67. The summed E-state index contributed by atoms with van der Waals surface area (Å²) in [6.07, 6.45) is 8.86. The molecule has 0 atom stereocenters. The Balaban J connectivity index is 1.41. The second kappa shape index (κ2) is 6.28. The summed E-state index contributed by atoms with van der Waals surface area (Å²) in [5.74, 6) is 2.37. The lowest BCUT2D eigenvalue weighted by molar-refractivity contribution is 0.103. The Hall–Kier alpha value is -3.07. The summed E-state index contributed by atoms with van der Waals surface area (Å²) in [5, 5.41) is 18.8. The summed E-state index contributed by atoms with van der Waals surface area (Å²) in [6, 6.07) is 10.4. The van der Waals surface area contributed by atoms with Crippen molar-refractivity contribution in [2.75, 3.05) is 5.32 Å². The predicted octanol–water partition coefficient (Wildman–Crippen LogP) is 4.09. The van der Waals surface area contributed by atoms with Crippen molar-refractivity contribution >= 4 is 29.1 Å². The first kappa shape index (κ1) is 16.1. The van der Waals surface area contributed by atoms with Crippen LogP contribution in [0.3, 0.4) is 0 Å². The summed E-state index contributed by atoms with van der Waals surface area (Å²) in [7, 11) is 0. The van der Waals surface area contributed by atoms with E-state index >= 15 is 0 Å². The maximum absolute atomic E-state index is 12.1. The SMILES string of the molecule is N#CB1CCC(n2cc(Cc3ccc4c5c(cccc35)C(=O)N4)cn2)CC1. The number of nitriles is 1. The third kappa shape index (κ3) is 2.71. The van der Waals surface area contributed by atoms with Gasteiger partial charge in [0.05, 0.1) is 12.2 Å². The van der Waals surface area contributed by atoms with Gasteiger partial charge in [0.2, 0.25) is 0 Å². The smallest absolute Gasteiger partial charge is 0.268 e. The Labute approximate surface area is 158 Å². The molecular formula is C21H19BN4O. The molecule has 2 aliphatic rings. The fraction of sp³-hybridized carbons (Fsp3) is 0.286. The van der Waals surface area contributed by atoms with Crippen molar-refractivity contribution in [2.45, 2.75) is 37.9 Å². The number of rotatable bonds is 3. The maximum Gasteiger partial charge on any atom is 0.268 e. The van der Waals surface area contributed by atoms with Gasteiger partial charge in [-0.1, -0.05) is 30.8 Å². The molecule has 0 saturated carbocycles. The molecule has 6 heteroatoms. The van der Waals surface area contributed by atoms with Gasteiger partial charge in [0.1, 0.15) is 0 Å². The van der Waals surface area contributed by atoms with Crippen LogP contribution >= 0.6 is 0 Å². The zero-order chi connectivity index (χ0) is 18.4. The van der Waals surface area contributed by atoms with Gasteiger partial charge in [-0.15, -0.1) is 0 Å². The molecule has 27 heavy (non-hydrogen) atoms. The minimum Gasteiger partial charge on any atom is -0.321 e. The number of nitrogens with one attached hydrogen (secondary N) is 1. The fourth-order valence-electron chi connectivity index (χ4n) is 4.46. The molecule has 0 bridgehead atoms. The first-order chi connectivity index (χ1) is 13.2. The molecule has 0 spiro atoms. The van der Waals surface area contributed by atoms with Crippen LogP contribution in [-0.2, 0) is 6.42 Å². The Morgan fingerprint density at radius 3 is 2.93 bits per heavy atom. The molecule has 0 aliphatic carbocycles. The fourth-order valence-corrected chi connectivity index (χ4v) is 4.46. The van der Waals surface area contributed by atoms with Crippen LogP contribution in [0.2, 0.25) is 12.6 Å². The van der Waals surface area contributed by atoms with Gasteiger partial charge < -0.3 is 5.32 Å². The van der Waals surface area contributed by atoms with Crippen LogP contribution < -0.4 is 5.32 Å². The molecule has 0 radical (unpaired) electrons. The molecule has 132 valence electrons. The average molecular weight is 354 g/mol. The van der Waals surface area contributed by atoms with E-state index in [4.69, 9.17) is 5.26 Å². The van der Waals surface area contributed by atoms with Crippen LogP contribution in [0.25, 0.3) is 10.8 Å². The van der Waals surface area contributed by atoms with Crippen LogP contribution in [0.1, 0.15) is 40.4 Å². The maximum atomic E-state index is 12.1. The van der Waals surface area contributed by atoms with Crippen molar-refractivity contribution in [2.24, 2.45) is 0 Å². The monoisotopic (exact) mass is 354 g/mol. The van der Waals surface area contributed by atoms with Crippen molar-refractivity contribution in [1.29, 1.82) is 5.26 Å². The zero-order valence-corrected chi connectivity index (χ0v) is 15.0. The molecule has 5 rings (SSSR count). The molecule has 2 aliphatic heterocycles. The van der Waals surface area contributed by atoms with Crippen LogP contribution in [0.4, 0.5) is 5.69 Å². The van der Waals surface area contributed by atoms with Crippen LogP contribution in [0.15, 0.2) is 42.7 Å². The number of amides is 1. The molecule has 1 N–H and O–H groups in total. The molecule has 1 amide bonds. The molecule has 3 aromatic rings. The molecule has 3 heterocycles. The van der Waals surface area contributed by atoms with E-state index in [2.05, 4.69) is 39.4 Å². The molecular weight excluding hydrogens is 335 g/mol. The van der Waals surface area contributed by atoms with Gasteiger partial charge in [0.15, 0.2) is 0 Å². The second-order valence-electron chi connectivity index (χ2n) is 7.59. The van der Waals surface area contributed by atoms with Crippen molar-refractivity contribution in [3.8, 4) is 5.97 Å². The number of benzene rings is 2. The lowest BCUT2D eigenvalue weighted by atomic mass is 9.42. The van der Waals surface area contributed by atoms with E-state index in [-0.39, 0.29) is 12.6 Å². The first-order valence-electron chi connectivity index (χ1n) is 9.51. The van der Waals surface area contributed by atoms with Crippen LogP contribution in [0.5, 0.6) is 0 Å². The number of carbonyl (C=O) groups is 1. The Bertz CT molecular complexity index is 1090. The van der Waals surface area contributed by atoms with Crippen LogP contribution in [-0.4, -0.2) is 22.4 Å². The highest BCUT2D eigenvalue weighted by atomic mass is 16.1. The quantitative estimate of drug-likeness (QED) is 0.721. The third-order valence-electron chi connectivity index (χ3n) is 5.93. The average Bonchev–Trinajstić information content (AvgIpc) is 3.30. The lowest BCUT2D eigenvalue weighted by Gasteiger charge is -2.23. The standard InChI is InChI=1S/C21H19BN4O/c23-13-22-8-6-16(7-9-22)26-12-14(11-24-26)10-15-4-5-19-20-17(15)2-1-3-18(20)21(27)25-19/h1-5,11-12,16H,6-10H2,(H,25,27). The first-order valence-corrected chi connectivity index (χ1v) is 9.51. The van der Waals surface area contributed by atoms with Gasteiger partial charge in [-0.3, -0.25) is 9.48 Å². The normalized spacial score (nSPS) is 16.6. The number of carbonyl (C=O) groups excluding carboxylic acids is 1. The summed E-state index contributed by atoms with van der Waals surface area (Å²) in [5.41, 5.74) is 4.05. The molecule has 1 fully saturated rings. The molecule has 0 unspecified atom stereocenters. The second-order valence-corrected chi connectivity index (χ2v) is 7.59. The van der Waals surface area contributed by atoms with Gasteiger partial charge in [-0.25, -0.2) is 5.26 Å². The summed E-state index contributed by atoms with van der Waals surface area (Å²) >= 11 is 0. The van der Waals surface area contributed by atoms with Gasteiger partial charge in [-0.2, -0.15) is 5.10 Å². The van der Waals surface area contributed by atoms with Crippen molar-refractivity contribution in [1.82, 2.24) is 9.78 Å². The predicted molar refractivity (Wildman–Crippen MR) is 106 cm³/mol. The number of hydrogen-bond donors (Lipinski definition) is 1. The summed E-state index contributed by atoms with van der Waals surface area (Å²) in [4.78, 5) is 12.1. The van der Waals surface area contributed by atoms with Crippen molar-refractivity contribution in [3.05, 3.63) is 59.4 Å². The largest absolute Gasteiger partial charge is 0.321 e. The zero-order valence-electron chi connectivity index (χ0n) is 15.0. The van der Waals surface area contributed by atoms with E-state index in [0.29, 0.717) is 6.04 Å². The Kier molecular flexibility index (Phi) is 3.75. The molecule has 5 nitrogen and oxygen atoms in total. The lowest BCUT2D eigenvalue weighted by Crippen LogP contribution is -2.22. The third-order valence-corrected chi connectivity index (χ3v) is 5.93. The minimum atomic E-state index is -0.0199. The summed E-state index contributed by atoms with van der Waals surface area (Å²) in [6.45, 7) is 0.209. The number of nitrogens with zero attached hydrogens (tertiary/aromatic N) is 3. The van der Waals surface area contributed by atoms with E-state index in [1.54, 1.807) is 0 Å². The topological polar surface area (TPSA) is 70.7 Å². The number of anilines is 1. The number of aromatic nitrogens is 2. The molecule has 1 saturated heterocycles. The van der Waals surface area contributed by atoms with E-state index in [1.165, 1.54) is 11.1 Å². The van der Waals surface area contributed by atoms with E-state index in [1.807, 2.05) is 24.4 Å². The van der Waals surface area contributed by atoms with E-state index < -0.39 is 0 Å². The summed E-state index contributed by atoms with van der Waals surface area (Å²) < 4.78 is 2.08. The minimum absolute atomic E-state index is 0.0199. The highest BCUT2D eigenvalue weighted by Gasteiger charge is 2.26. The van der Waals surface area contributed by atoms with E-state index in [9.17, 15) is 4.79 Å².